The van der Waals surface area contributed by atoms with Crippen molar-refractivity contribution >= 4 is 12.2 Å². The molecule has 0 saturated carbocycles. The van der Waals surface area contributed by atoms with E-state index < -0.39 is 0 Å². The van der Waals surface area contributed by atoms with E-state index in [-0.39, 0.29) is 17.0 Å². The van der Waals surface area contributed by atoms with E-state index in [2.05, 4.69) is 71.3 Å². The molecule has 2 aromatic rings. The summed E-state index contributed by atoms with van der Waals surface area (Å²) in [7, 11) is 0. The Balaban J connectivity index is 0.00000200. The van der Waals surface area contributed by atoms with Gasteiger partial charge >= 0.3 is 0 Å². The van der Waals surface area contributed by atoms with Crippen molar-refractivity contribution < 1.29 is 26.1 Å². The van der Waals surface area contributed by atoms with Crippen LogP contribution in [0.1, 0.15) is 17.5 Å². The van der Waals surface area contributed by atoms with Gasteiger partial charge < -0.3 is 17.0 Å². The first-order chi connectivity index (χ1) is 9.31. The van der Waals surface area contributed by atoms with Crippen LogP contribution >= 0.6 is 0 Å². The number of hydrogen-bond donors (Lipinski definition) is 0. The van der Waals surface area contributed by atoms with E-state index in [0.717, 1.165) is 30.6 Å². The molecule has 2 nitrogen and oxygen atoms in total. The third-order valence-corrected chi connectivity index (χ3v) is 3.14. The second-order valence-electron chi connectivity index (χ2n) is 4.50. The first kappa shape index (κ1) is 16.3. The molecular weight excluding hydrogens is 312 g/mol. The van der Waals surface area contributed by atoms with Gasteiger partial charge in [0.2, 0.25) is 0 Å². The second-order valence-corrected chi connectivity index (χ2v) is 4.50. The molecule has 0 spiro atoms. The van der Waals surface area contributed by atoms with Crippen molar-refractivity contribution in [3.63, 3.8) is 0 Å². The summed E-state index contributed by atoms with van der Waals surface area (Å²) in [6.45, 7) is 9.56. The summed E-state index contributed by atoms with van der Waals surface area (Å²) in [6.07, 6.45) is 13.2. The van der Waals surface area contributed by atoms with Crippen LogP contribution in [0, 0.1) is 0 Å². The molecule has 0 unspecified atom stereocenters. The molecule has 0 aromatic carbocycles. The first-order valence-corrected chi connectivity index (χ1v) is 6.55. The third-order valence-electron chi connectivity index (χ3n) is 3.14. The molecule has 0 N–H and O–H groups in total. The summed E-state index contributed by atoms with van der Waals surface area (Å²) in [6, 6.07) is 8.33. The average Bonchev–Trinajstić information content (AvgIpc) is 2.49. The molecule has 0 aliphatic heterocycles. The summed E-state index contributed by atoms with van der Waals surface area (Å²) < 4.78 is 4.40. The van der Waals surface area contributed by atoms with Gasteiger partial charge in [-0.15, -0.1) is 0 Å². The van der Waals surface area contributed by atoms with E-state index in [9.17, 15) is 0 Å². The molecule has 0 amide bonds. The summed E-state index contributed by atoms with van der Waals surface area (Å²) in [4.78, 5) is 0. The van der Waals surface area contributed by atoms with Crippen LogP contribution < -0.4 is 26.1 Å². The minimum Gasteiger partial charge on any atom is -1.00 e. The Morgan fingerprint density at radius 1 is 0.750 bits per heavy atom. The van der Waals surface area contributed by atoms with Crippen LogP contribution in [-0.2, 0) is 13.1 Å². The molecule has 2 rings (SSSR count). The molecule has 20 heavy (non-hydrogen) atoms. The summed E-state index contributed by atoms with van der Waals surface area (Å²) in [5.74, 6) is 0. The highest BCUT2D eigenvalue weighted by Crippen LogP contribution is 1.97. The van der Waals surface area contributed by atoms with E-state index >= 15 is 0 Å². The average molecular weight is 332 g/mol. The van der Waals surface area contributed by atoms with Gasteiger partial charge in [0.05, 0.1) is 6.42 Å². The van der Waals surface area contributed by atoms with Crippen LogP contribution in [0.2, 0.25) is 0 Å². The largest absolute Gasteiger partial charge is 1.00 e. The summed E-state index contributed by atoms with van der Waals surface area (Å²) in [5, 5.41) is 0. The van der Waals surface area contributed by atoms with Crippen LogP contribution in [0.25, 0.3) is 12.2 Å². The number of aromatic nitrogens is 2. The van der Waals surface area contributed by atoms with Gasteiger partial charge in [-0.2, -0.15) is 0 Å². The number of aryl methyl sites for hydroxylation is 2. The molecule has 2 aromatic heterocycles. The second kappa shape index (κ2) is 8.43. The number of hydrogen-bond acceptors (Lipinski definition) is 0. The van der Waals surface area contributed by atoms with Crippen molar-refractivity contribution in [2.45, 2.75) is 19.5 Å². The molecule has 0 radical (unpaired) electrons. The zero-order chi connectivity index (χ0) is 13.5. The molecule has 0 fully saturated rings. The fraction of sp³-hybridized carbons (Fsp3) is 0.176. The summed E-state index contributed by atoms with van der Waals surface area (Å²) in [5.41, 5.74) is 2.32. The maximum Gasteiger partial charge on any atom is 0.169 e. The molecule has 0 aliphatic carbocycles. The maximum absolute atomic E-state index is 3.76. The highest BCUT2D eigenvalue weighted by Gasteiger charge is 2.04. The predicted octanol–water partition coefficient (Wildman–Crippen LogP) is -0.358. The minimum atomic E-state index is 0. The Hall–Kier alpha value is -1.74. The molecule has 0 atom stereocenters. The van der Waals surface area contributed by atoms with Crippen LogP contribution in [0.4, 0.5) is 0 Å². The number of rotatable bonds is 6. The quantitative estimate of drug-likeness (QED) is 0.639. The van der Waals surface area contributed by atoms with Crippen LogP contribution in [0.5, 0.6) is 0 Å². The van der Waals surface area contributed by atoms with Gasteiger partial charge in [0, 0.05) is 24.3 Å². The molecule has 104 valence electrons. The van der Waals surface area contributed by atoms with Gasteiger partial charge in [0.25, 0.3) is 0 Å². The predicted molar refractivity (Wildman–Crippen MR) is 78.1 cm³/mol. The van der Waals surface area contributed by atoms with E-state index in [1.165, 1.54) is 0 Å². The third kappa shape index (κ3) is 4.74. The normalized spacial score (nSPS) is 9.60. The van der Waals surface area contributed by atoms with Crippen LogP contribution in [-0.4, -0.2) is 0 Å². The number of halogens is 1. The van der Waals surface area contributed by atoms with Crippen molar-refractivity contribution in [2.75, 3.05) is 0 Å². The molecule has 2 heterocycles. The molecular formula is C17H20BrN2+. The summed E-state index contributed by atoms with van der Waals surface area (Å²) >= 11 is 0. The van der Waals surface area contributed by atoms with Crippen LogP contribution in [0.3, 0.4) is 0 Å². The lowest BCUT2D eigenvalue weighted by Gasteiger charge is -1.97. The number of pyridine rings is 2. The van der Waals surface area contributed by atoms with Gasteiger partial charge in [-0.25, -0.2) is 9.13 Å². The first-order valence-electron chi connectivity index (χ1n) is 6.55. The monoisotopic (exact) mass is 331 g/mol. The minimum absolute atomic E-state index is 0. The lowest BCUT2D eigenvalue weighted by Crippen LogP contribution is -3.00. The van der Waals surface area contributed by atoms with Gasteiger partial charge in [0.15, 0.2) is 37.9 Å². The highest BCUT2D eigenvalue weighted by atomic mass is 79.9. The Labute approximate surface area is 131 Å². The van der Waals surface area contributed by atoms with E-state index in [0.29, 0.717) is 0 Å². The van der Waals surface area contributed by atoms with Crippen molar-refractivity contribution in [2.24, 2.45) is 0 Å². The Kier molecular flexibility index (Phi) is 6.88. The number of nitrogens with zero attached hydrogens (tertiary/aromatic N) is 2. The standard InChI is InChI=1S/C17H20N2.BrH/c1-3-16-6-12-18(13-7-16)10-5-11-19-14-8-17(4-2)9-15-19;/h3-4,6-9,12-15H,1-2,5,10-11H2;1H/q+2;/p-1. The lowest BCUT2D eigenvalue weighted by molar-refractivity contribution is -0.726. The Morgan fingerprint density at radius 3 is 1.40 bits per heavy atom. The van der Waals surface area contributed by atoms with Crippen molar-refractivity contribution in [3.05, 3.63) is 73.3 Å². The van der Waals surface area contributed by atoms with Crippen LogP contribution in [0.15, 0.2) is 62.2 Å². The SMILES string of the molecule is C=Cc1cc[n+](CCC[n+]2ccc(C=C)cc2)cc1.[Br-]. The highest BCUT2D eigenvalue weighted by molar-refractivity contribution is 5.44. The zero-order valence-corrected chi connectivity index (χ0v) is 13.2. The molecule has 0 saturated heterocycles. The smallest absolute Gasteiger partial charge is 0.169 e. The Bertz CT molecular complexity index is 493. The van der Waals surface area contributed by atoms with Crippen molar-refractivity contribution in [1.82, 2.24) is 0 Å². The fourth-order valence-electron chi connectivity index (χ4n) is 1.94. The molecule has 0 bridgehead atoms. The lowest BCUT2D eigenvalue weighted by atomic mass is 10.2. The van der Waals surface area contributed by atoms with Gasteiger partial charge in [-0.3, -0.25) is 0 Å². The fourth-order valence-corrected chi connectivity index (χ4v) is 1.94. The van der Waals surface area contributed by atoms with Gasteiger partial charge in [-0.05, 0) is 11.1 Å². The van der Waals surface area contributed by atoms with E-state index in [4.69, 9.17) is 0 Å². The Morgan fingerprint density at radius 2 is 1.10 bits per heavy atom. The van der Waals surface area contributed by atoms with Gasteiger partial charge in [0.1, 0.15) is 0 Å². The molecule has 0 aliphatic rings. The van der Waals surface area contributed by atoms with E-state index in [1.54, 1.807) is 0 Å². The molecule has 3 heteroatoms. The van der Waals surface area contributed by atoms with Crippen molar-refractivity contribution in [3.8, 4) is 0 Å². The maximum atomic E-state index is 3.76. The zero-order valence-electron chi connectivity index (χ0n) is 11.6. The topological polar surface area (TPSA) is 7.76 Å². The van der Waals surface area contributed by atoms with Gasteiger partial charge in [-0.1, -0.05) is 25.3 Å². The van der Waals surface area contributed by atoms with Crippen molar-refractivity contribution in [1.29, 1.82) is 0 Å². The van der Waals surface area contributed by atoms with E-state index in [1.807, 2.05) is 12.2 Å².